The number of halogens is 2. The lowest BCUT2D eigenvalue weighted by atomic mass is 10.0. The van der Waals surface area contributed by atoms with Gasteiger partial charge in [-0.3, -0.25) is 9.69 Å². The Morgan fingerprint density at radius 1 is 1.20 bits per heavy atom. The monoisotopic (exact) mass is 582 g/mol. The number of aromatic nitrogens is 2. The maximum absolute atomic E-state index is 14.9. The smallest absolute Gasteiger partial charge is 0.159 e. The molecule has 3 aliphatic heterocycles. The third-order valence-electron chi connectivity index (χ3n) is 7.64. The molecular formula is C30H32ClFN4O5. The van der Waals surface area contributed by atoms with Gasteiger partial charge < -0.3 is 24.3 Å². The molecule has 2 aromatic carbocycles. The Morgan fingerprint density at radius 2 is 2.00 bits per heavy atom. The van der Waals surface area contributed by atoms with Crippen molar-refractivity contribution in [3.05, 3.63) is 64.7 Å². The van der Waals surface area contributed by atoms with E-state index in [1.807, 2.05) is 18.2 Å². The Labute approximate surface area is 242 Å². The van der Waals surface area contributed by atoms with Gasteiger partial charge in [0.15, 0.2) is 11.6 Å². The van der Waals surface area contributed by atoms with Crippen molar-refractivity contribution in [3.8, 4) is 5.75 Å². The second kappa shape index (κ2) is 12.4. The fourth-order valence-corrected chi connectivity index (χ4v) is 5.56. The van der Waals surface area contributed by atoms with Crippen LogP contribution < -0.4 is 10.1 Å². The Balaban J connectivity index is 1.23. The summed E-state index contributed by atoms with van der Waals surface area (Å²) in [5.74, 6) is 0.467. The zero-order chi connectivity index (χ0) is 28.3. The van der Waals surface area contributed by atoms with Crippen LogP contribution in [0.25, 0.3) is 10.9 Å². The molecule has 3 aliphatic rings. The van der Waals surface area contributed by atoms with Gasteiger partial charge in [-0.05, 0) is 31.2 Å². The molecule has 216 valence electrons. The number of nitrogens with zero attached hydrogens (tertiary/aromatic N) is 3. The number of fused-ring (bicyclic) bond motifs is 2. The lowest BCUT2D eigenvalue weighted by Crippen LogP contribution is -2.36. The summed E-state index contributed by atoms with van der Waals surface area (Å²) >= 11 is 6.07. The molecule has 11 heteroatoms. The molecule has 4 heterocycles. The molecule has 1 aromatic heterocycles. The van der Waals surface area contributed by atoms with Crippen LogP contribution in [0.3, 0.4) is 0 Å². The maximum Gasteiger partial charge on any atom is 0.159 e. The zero-order valence-corrected chi connectivity index (χ0v) is 23.5. The fraction of sp³-hybridized carbons (Fsp3) is 0.433. The van der Waals surface area contributed by atoms with Crippen LogP contribution >= 0.6 is 11.6 Å². The molecular weight excluding hydrogens is 551 g/mol. The molecule has 0 amide bonds. The molecule has 0 saturated carbocycles. The summed E-state index contributed by atoms with van der Waals surface area (Å²) in [6.07, 6.45) is 5.88. The first kappa shape index (κ1) is 28.0. The van der Waals surface area contributed by atoms with Crippen molar-refractivity contribution < 1.29 is 28.1 Å². The van der Waals surface area contributed by atoms with Crippen molar-refractivity contribution in [2.75, 3.05) is 51.4 Å². The van der Waals surface area contributed by atoms with Gasteiger partial charge in [0.05, 0.1) is 49.8 Å². The molecule has 3 aromatic rings. The minimum atomic E-state index is -0.457. The Morgan fingerprint density at radius 3 is 2.76 bits per heavy atom. The van der Waals surface area contributed by atoms with Crippen LogP contribution in [0, 0.1) is 12.7 Å². The fourth-order valence-electron chi connectivity index (χ4n) is 5.41. The molecule has 9 nitrogen and oxygen atoms in total. The number of rotatable bonds is 9. The van der Waals surface area contributed by atoms with Gasteiger partial charge in [0.25, 0.3) is 0 Å². The van der Waals surface area contributed by atoms with Crippen molar-refractivity contribution >= 4 is 39.8 Å². The number of benzene rings is 2. The normalized spacial score (nSPS) is 22.9. The van der Waals surface area contributed by atoms with Gasteiger partial charge in [-0.2, -0.15) is 0 Å². The lowest BCUT2D eigenvalue weighted by molar-refractivity contribution is -0.116. The van der Waals surface area contributed by atoms with Crippen LogP contribution in [0.2, 0.25) is 5.02 Å². The van der Waals surface area contributed by atoms with E-state index in [0.717, 1.165) is 19.5 Å². The predicted octanol–water partition coefficient (Wildman–Crippen LogP) is 4.41. The lowest BCUT2D eigenvalue weighted by Gasteiger charge is -2.24. The summed E-state index contributed by atoms with van der Waals surface area (Å²) < 4.78 is 38.2. The largest absolute Gasteiger partial charge is 0.488 e. The average Bonchev–Trinajstić information content (AvgIpc) is 3.63. The van der Waals surface area contributed by atoms with E-state index in [4.69, 9.17) is 30.5 Å². The van der Waals surface area contributed by atoms with E-state index in [1.54, 1.807) is 25.1 Å². The van der Waals surface area contributed by atoms with Crippen molar-refractivity contribution in [3.63, 3.8) is 0 Å². The van der Waals surface area contributed by atoms with Crippen molar-refractivity contribution in [2.45, 2.75) is 38.1 Å². The Kier molecular flexibility index (Phi) is 8.45. The third kappa shape index (κ3) is 6.37. The number of carbonyl (C=O) groups excluding carboxylic acids is 1. The molecule has 0 aliphatic carbocycles. The summed E-state index contributed by atoms with van der Waals surface area (Å²) in [5, 5.41) is 4.06. The first-order valence-electron chi connectivity index (χ1n) is 13.8. The first-order valence-corrected chi connectivity index (χ1v) is 14.2. The summed E-state index contributed by atoms with van der Waals surface area (Å²) in [6.45, 7) is 6.21. The van der Waals surface area contributed by atoms with E-state index in [1.165, 1.54) is 6.33 Å². The number of hydrogen-bond acceptors (Lipinski definition) is 9. The SMILES string of the molecule is Cc1c(Cl)ccc(Nc2ncnc3cc(O[C@H]4CCOC4)c(CC(=O)/C=C/CN4C[C@@H]5OCCO[C@@H]5C4)cc23)c1F. The number of anilines is 2. The second-order valence-electron chi connectivity index (χ2n) is 10.5. The van der Waals surface area contributed by atoms with E-state index in [-0.39, 0.29) is 36.2 Å². The zero-order valence-electron chi connectivity index (χ0n) is 22.8. The molecule has 0 spiro atoms. The molecule has 0 bridgehead atoms. The van der Waals surface area contributed by atoms with Gasteiger partial charge in [0.2, 0.25) is 0 Å². The van der Waals surface area contributed by atoms with Gasteiger partial charge in [-0.15, -0.1) is 0 Å². The van der Waals surface area contributed by atoms with Gasteiger partial charge in [-0.25, -0.2) is 14.4 Å². The summed E-state index contributed by atoms with van der Waals surface area (Å²) in [5.41, 5.74) is 1.89. The number of allylic oxidation sites excluding steroid dienone is 1. The van der Waals surface area contributed by atoms with Crippen molar-refractivity contribution in [1.29, 1.82) is 0 Å². The van der Waals surface area contributed by atoms with Gasteiger partial charge in [0.1, 0.15) is 24.0 Å². The standard InChI is InChI=1S/C30H32ClFN4O5/c1-18-23(31)4-5-24(29(18)32)35-30-22-12-19(26(13-25(22)33-17-34-30)41-21-6-8-38-16-21)11-20(37)3-2-7-36-14-27-28(15-36)40-10-9-39-27/h2-5,12-13,17,21,27-28H,6-11,14-16H2,1H3,(H,33,34,35)/b3-2+/t21-,27-,28+/m0/s1. The minimum Gasteiger partial charge on any atom is -0.488 e. The first-order chi connectivity index (χ1) is 19.9. The highest BCUT2D eigenvalue weighted by Crippen LogP contribution is 2.33. The van der Waals surface area contributed by atoms with E-state index >= 15 is 0 Å². The number of ether oxygens (including phenoxy) is 4. The van der Waals surface area contributed by atoms with Crippen LogP contribution in [-0.4, -0.2) is 85.0 Å². The molecule has 0 radical (unpaired) electrons. The quantitative estimate of drug-likeness (QED) is 0.368. The third-order valence-corrected chi connectivity index (χ3v) is 8.05. The summed E-state index contributed by atoms with van der Waals surface area (Å²) in [6, 6.07) is 6.85. The molecule has 6 rings (SSSR count). The number of nitrogens with one attached hydrogen (secondary N) is 1. The van der Waals surface area contributed by atoms with Crippen molar-refractivity contribution in [2.24, 2.45) is 0 Å². The van der Waals surface area contributed by atoms with Gasteiger partial charge >= 0.3 is 0 Å². The minimum absolute atomic E-state index is 0.0632. The van der Waals surface area contributed by atoms with E-state index in [2.05, 4.69) is 20.2 Å². The van der Waals surface area contributed by atoms with Crippen LogP contribution in [0.5, 0.6) is 5.75 Å². The predicted molar refractivity (Wildman–Crippen MR) is 153 cm³/mol. The summed E-state index contributed by atoms with van der Waals surface area (Å²) in [4.78, 5) is 24.1. The van der Waals surface area contributed by atoms with E-state index in [9.17, 15) is 9.18 Å². The van der Waals surface area contributed by atoms with Gasteiger partial charge in [-0.1, -0.05) is 17.7 Å². The number of ketones is 1. The second-order valence-corrected chi connectivity index (χ2v) is 11.0. The highest BCUT2D eigenvalue weighted by atomic mass is 35.5. The topological polar surface area (TPSA) is 95.0 Å². The number of carbonyl (C=O) groups is 1. The maximum atomic E-state index is 14.9. The molecule has 0 unspecified atom stereocenters. The summed E-state index contributed by atoms with van der Waals surface area (Å²) in [7, 11) is 0. The molecule has 3 atom stereocenters. The van der Waals surface area contributed by atoms with E-state index in [0.29, 0.717) is 71.6 Å². The Bertz CT molecular complexity index is 1450. The molecule has 3 fully saturated rings. The van der Waals surface area contributed by atoms with Crippen LogP contribution in [0.4, 0.5) is 15.9 Å². The highest BCUT2D eigenvalue weighted by Gasteiger charge is 2.35. The van der Waals surface area contributed by atoms with Crippen LogP contribution in [-0.2, 0) is 25.4 Å². The molecule has 1 N–H and O–H groups in total. The van der Waals surface area contributed by atoms with Crippen molar-refractivity contribution in [1.82, 2.24) is 14.9 Å². The van der Waals surface area contributed by atoms with Crippen LogP contribution in [0.1, 0.15) is 17.5 Å². The molecule has 41 heavy (non-hydrogen) atoms. The molecule has 3 saturated heterocycles. The highest BCUT2D eigenvalue weighted by molar-refractivity contribution is 6.31. The number of hydrogen-bond donors (Lipinski definition) is 1. The number of likely N-dealkylation sites (tertiary alicyclic amines) is 1. The Hall–Kier alpha value is -3.15. The average molecular weight is 583 g/mol. The van der Waals surface area contributed by atoms with Gasteiger partial charge in [0, 0.05) is 60.1 Å². The van der Waals surface area contributed by atoms with Crippen LogP contribution in [0.15, 0.2) is 42.7 Å². The van der Waals surface area contributed by atoms with E-state index < -0.39 is 5.82 Å².